The number of halogens is 1. The standard InChI is InChI=1S/C13H20ClNO3/c1-13(2,17)9-15-7-11(16)8-18-12-5-3-10(14)4-6-12/h3-6,11,15-17H,7-9H2,1-2H3. The van der Waals surface area contributed by atoms with Crippen LogP contribution < -0.4 is 10.1 Å². The van der Waals surface area contributed by atoms with Crippen LogP contribution in [0.2, 0.25) is 5.02 Å². The Morgan fingerprint density at radius 2 is 1.94 bits per heavy atom. The van der Waals surface area contributed by atoms with Crippen molar-refractivity contribution in [3.63, 3.8) is 0 Å². The molecule has 0 spiro atoms. The number of nitrogens with one attached hydrogen (secondary N) is 1. The number of ether oxygens (including phenoxy) is 1. The molecular formula is C13H20ClNO3. The maximum atomic E-state index is 9.67. The fourth-order valence-corrected chi connectivity index (χ4v) is 1.45. The van der Waals surface area contributed by atoms with Crippen molar-refractivity contribution in [2.75, 3.05) is 19.7 Å². The van der Waals surface area contributed by atoms with Gasteiger partial charge in [0.2, 0.25) is 0 Å². The minimum atomic E-state index is -0.781. The van der Waals surface area contributed by atoms with Crippen LogP contribution in [0, 0.1) is 0 Å². The summed E-state index contributed by atoms with van der Waals surface area (Å²) < 4.78 is 5.39. The summed E-state index contributed by atoms with van der Waals surface area (Å²) in [5.41, 5.74) is -0.781. The largest absolute Gasteiger partial charge is 0.491 e. The smallest absolute Gasteiger partial charge is 0.119 e. The third-order valence-electron chi connectivity index (χ3n) is 2.19. The first-order chi connectivity index (χ1) is 8.37. The van der Waals surface area contributed by atoms with Gasteiger partial charge in [0.15, 0.2) is 0 Å². The Balaban J connectivity index is 2.21. The number of rotatable bonds is 7. The highest BCUT2D eigenvalue weighted by Crippen LogP contribution is 2.15. The highest BCUT2D eigenvalue weighted by molar-refractivity contribution is 6.30. The molecule has 0 saturated heterocycles. The Bertz CT molecular complexity index is 348. The fourth-order valence-electron chi connectivity index (χ4n) is 1.33. The maximum Gasteiger partial charge on any atom is 0.119 e. The van der Waals surface area contributed by atoms with Gasteiger partial charge in [0.25, 0.3) is 0 Å². The summed E-state index contributed by atoms with van der Waals surface area (Å²) in [5, 5.41) is 22.8. The minimum absolute atomic E-state index is 0.195. The van der Waals surface area contributed by atoms with Crippen LogP contribution in [0.25, 0.3) is 0 Å². The quantitative estimate of drug-likeness (QED) is 0.704. The second-order valence-electron chi connectivity index (χ2n) is 4.86. The summed E-state index contributed by atoms with van der Waals surface area (Å²) in [5.74, 6) is 0.668. The summed E-state index contributed by atoms with van der Waals surface area (Å²) in [7, 11) is 0. The van der Waals surface area contributed by atoms with Gasteiger partial charge in [-0.25, -0.2) is 0 Å². The Morgan fingerprint density at radius 3 is 2.50 bits per heavy atom. The molecule has 0 amide bonds. The molecule has 1 aromatic carbocycles. The van der Waals surface area contributed by atoms with Crippen LogP contribution in [0.15, 0.2) is 24.3 Å². The number of benzene rings is 1. The van der Waals surface area contributed by atoms with Crippen LogP contribution in [0.5, 0.6) is 5.75 Å². The molecule has 102 valence electrons. The minimum Gasteiger partial charge on any atom is -0.491 e. The summed E-state index contributed by atoms with van der Waals surface area (Å²) >= 11 is 5.75. The molecule has 0 aliphatic heterocycles. The number of aliphatic hydroxyl groups is 2. The predicted octanol–water partition coefficient (Wildman–Crippen LogP) is 1.44. The SMILES string of the molecule is CC(C)(O)CNCC(O)COc1ccc(Cl)cc1. The molecule has 0 bridgehead atoms. The van der Waals surface area contributed by atoms with Gasteiger partial charge in [-0.2, -0.15) is 0 Å². The molecule has 5 heteroatoms. The lowest BCUT2D eigenvalue weighted by molar-refractivity contribution is 0.0665. The predicted molar refractivity (Wildman–Crippen MR) is 72.1 cm³/mol. The van der Waals surface area contributed by atoms with Crippen molar-refractivity contribution in [3.8, 4) is 5.75 Å². The van der Waals surface area contributed by atoms with Gasteiger partial charge in [0, 0.05) is 18.1 Å². The van der Waals surface area contributed by atoms with Crippen molar-refractivity contribution in [2.24, 2.45) is 0 Å². The molecule has 1 unspecified atom stereocenters. The van der Waals surface area contributed by atoms with E-state index in [2.05, 4.69) is 5.32 Å². The van der Waals surface area contributed by atoms with Crippen LogP contribution in [-0.2, 0) is 0 Å². The second kappa shape index (κ2) is 6.95. The van der Waals surface area contributed by atoms with Crippen molar-refractivity contribution in [1.29, 1.82) is 0 Å². The molecule has 0 radical (unpaired) electrons. The first-order valence-corrected chi connectivity index (χ1v) is 6.24. The summed E-state index contributed by atoms with van der Waals surface area (Å²) in [6.07, 6.45) is -0.622. The first-order valence-electron chi connectivity index (χ1n) is 5.86. The lowest BCUT2D eigenvalue weighted by atomic mass is 10.1. The molecular weight excluding hydrogens is 254 g/mol. The summed E-state index contributed by atoms with van der Waals surface area (Å²) in [6.45, 7) is 4.40. The summed E-state index contributed by atoms with van der Waals surface area (Å²) in [6, 6.07) is 6.96. The van der Waals surface area contributed by atoms with Crippen molar-refractivity contribution in [1.82, 2.24) is 5.32 Å². The van der Waals surface area contributed by atoms with Crippen molar-refractivity contribution in [3.05, 3.63) is 29.3 Å². The van der Waals surface area contributed by atoms with Crippen LogP contribution in [0.1, 0.15) is 13.8 Å². The number of hydrogen-bond acceptors (Lipinski definition) is 4. The lowest BCUT2D eigenvalue weighted by Crippen LogP contribution is -2.40. The molecule has 3 N–H and O–H groups in total. The molecule has 1 atom stereocenters. The Kier molecular flexibility index (Phi) is 5.88. The van der Waals surface area contributed by atoms with Crippen molar-refractivity contribution >= 4 is 11.6 Å². The monoisotopic (exact) mass is 273 g/mol. The zero-order valence-corrected chi connectivity index (χ0v) is 11.4. The lowest BCUT2D eigenvalue weighted by Gasteiger charge is -2.19. The molecule has 0 heterocycles. The molecule has 1 aromatic rings. The van der Waals surface area contributed by atoms with Gasteiger partial charge in [-0.05, 0) is 38.1 Å². The van der Waals surface area contributed by atoms with Gasteiger partial charge in [-0.15, -0.1) is 0 Å². The normalized spacial score (nSPS) is 13.4. The van der Waals surface area contributed by atoms with Crippen LogP contribution >= 0.6 is 11.6 Å². The fraction of sp³-hybridized carbons (Fsp3) is 0.538. The Labute approximate surface area is 113 Å². The van der Waals surface area contributed by atoms with E-state index in [0.717, 1.165) is 0 Å². The van der Waals surface area contributed by atoms with E-state index in [1.54, 1.807) is 38.1 Å². The van der Waals surface area contributed by atoms with E-state index in [-0.39, 0.29) is 6.61 Å². The number of hydrogen-bond donors (Lipinski definition) is 3. The molecule has 0 aliphatic carbocycles. The van der Waals surface area contributed by atoms with E-state index >= 15 is 0 Å². The van der Waals surface area contributed by atoms with Crippen molar-refractivity contribution < 1.29 is 14.9 Å². The number of aliphatic hydroxyl groups excluding tert-OH is 1. The second-order valence-corrected chi connectivity index (χ2v) is 5.30. The highest BCUT2D eigenvalue weighted by atomic mass is 35.5. The maximum absolute atomic E-state index is 9.67. The van der Waals surface area contributed by atoms with E-state index in [4.69, 9.17) is 16.3 Å². The van der Waals surface area contributed by atoms with Crippen LogP contribution in [-0.4, -0.2) is 41.6 Å². The average molecular weight is 274 g/mol. The molecule has 0 fully saturated rings. The molecule has 0 saturated carbocycles. The van der Waals surface area contributed by atoms with Gasteiger partial charge in [-0.3, -0.25) is 0 Å². The molecule has 18 heavy (non-hydrogen) atoms. The molecule has 4 nitrogen and oxygen atoms in total. The third-order valence-corrected chi connectivity index (χ3v) is 2.45. The van der Waals surface area contributed by atoms with Gasteiger partial charge in [-0.1, -0.05) is 11.6 Å². The van der Waals surface area contributed by atoms with Gasteiger partial charge < -0.3 is 20.3 Å². The summed E-state index contributed by atoms with van der Waals surface area (Å²) in [4.78, 5) is 0. The van der Waals surface area contributed by atoms with Crippen LogP contribution in [0.4, 0.5) is 0 Å². The average Bonchev–Trinajstić information content (AvgIpc) is 2.26. The van der Waals surface area contributed by atoms with Gasteiger partial charge in [0.05, 0.1) is 5.60 Å². The van der Waals surface area contributed by atoms with E-state index in [1.165, 1.54) is 0 Å². The zero-order valence-electron chi connectivity index (χ0n) is 10.7. The van der Waals surface area contributed by atoms with E-state index in [1.807, 2.05) is 0 Å². The molecule has 1 rings (SSSR count). The Hall–Kier alpha value is -0.810. The topological polar surface area (TPSA) is 61.7 Å². The van der Waals surface area contributed by atoms with E-state index in [9.17, 15) is 10.2 Å². The highest BCUT2D eigenvalue weighted by Gasteiger charge is 2.13. The molecule has 0 aromatic heterocycles. The van der Waals surface area contributed by atoms with Gasteiger partial charge in [0.1, 0.15) is 18.5 Å². The van der Waals surface area contributed by atoms with Gasteiger partial charge >= 0.3 is 0 Å². The molecule has 0 aliphatic rings. The third kappa shape index (κ3) is 6.81. The Morgan fingerprint density at radius 1 is 1.33 bits per heavy atom. The van der Waals surface area contributed by atoms with Crippen LogP contribution in [0.3, 0.4) is 0 Å². The first kappa shape index (κ1) is 15.2. The van der Waals surface area contributed by atoms with E-state index < -0.39 is 11.7 Å². The van der Waals surface area contributed by atoms with E-state index in [0.29, 0.717) is 23.9 Å². The van der Waals surface area contributed by atoms with Crippen molar-refractivity contribution in [2.45, 2.75) is 25.6 Å². The zero-order chi connectivity index (χ0) is 13.6.